The predicted octanol–water partition coefficient (Wildman–Crippen LogP) is 1.48. The second-order valence-electron chi connectivity index (χ2n) is 7.53. The first-order valence-corrected chi connectivity index (χ1v) is 8.12. The van der Waals surface area contributed by atoms with Crippen LogP contribution in [0.1, 0.15) is 47.0 Å². The molecule has 0 spiro atoms. The summed E-state index contributed by atoms with van der Waals surface area (Å²) in [6.45, 7) is 7.97. The summed E-state index contributed by atoms with van der Waals surface area (Å²) in [5.74, 6) is -0.493. The minimum atomic E-state index is -0.497. The summed E-state index contributed by atoms with van der Waals surface area (Å²) >= 11 is 0. The number of ether oxygens (including phenoxy) is 1. The van der Waals surface area contributed by atoms with Gasteiger partial charge in [-0.05, 0) is 58.5 Å². The Hall–Kier alpha value is -1.34. The molecule has 3 rings (SSSR count). The molecule has 23 heavy (non-hydrogen) atoms. The number of methoxy groups -OCH3 is 1. The lowest BCUT2D eigenvalue weighted by Gasteiger charge is -2.32. The SMILES string of the molecule is COC(=O)[C@@H]1CCC2CC(B3OC(C)(C)C(C)(C)O3)=CC(=O)N21. The Labute approximate surface area is 137 Å². The number of amides is 1. The van der Waals surface area contributed by atoms with Crippen molar-refractivity contribution in [3.63, 3.8) is 0 Å². The maximum Gasteiger partial charge on any atom is 0.490 e. The van der Waals surface area contributed by atoms with Crippen molar-refractivity contribution in [1.82, 2.24) is 4.90 Å². The maximum absolute atomic E-state index is 12.5. The summed E-state index contributed by atoms with van der Waals surface area (Å²) in [4.78, 5) is 26.0. The molecule has 3 aliphatic heterocycles. The van der Waals surface area contributed by atoms with Crippen molar-refractivity contribution in [2.75, 3.05) is 7.11 Å². The van der Waals surface area contributed by atoms with Crippen LogP contribution in [0.25, 0.3) is 0 Å². The summed E-state index contributed by atoms with van der Waals surface area (Å²) < 4.78 is 16.9. The summed E-state index contributed by atoms with van der Waals surface area (Å²) in [5, 5.41) is 0. The highest BCUT2D eigenvalue weighted by molar-refractivity contribution is 6.55. The summed E-state index contributed by atoms with van der Waals surface area (Å²) in [5.41, 5.74) is 0.00617. The number of esters is 1. The van der Waals surface area contributed by atoms with Crippen LogP contribution in [0.4, 0.5) is 0 Å². The van der Waals surface area contributed by atoms with Crippen LogP contribution < -0.4 is 0 Å². The Balaban J connectivity index is 1.80. The molecule has 2 saturated heterocycles. The number of fused-ring (bicyclic) bond motifs is 1. The maximum atomic E-state index is 12.5. The van der Waals surface area contributed by atoms with Gasteiger partial charge in [-0.1, -0.05) is 0 Å². The number of nitrogens with zero attached hydrogens (tertiary/aromatic N) is 1. The van der Waals surface area contributed by atoms with Crippen LogP contribution in [0.5, 0.6) is 0 Å². The first-order valence-electron chi connectivity index (χ1n) is 8.12. The van der Waals surface area contributed by atoms with Gasteiger partial charge in [0.2, 0.25) is 5.91 Å². The van der Waals surface area contributed by atoms with Gasteiger partial charge < -0.3 is 18.9 Å². The van der Waals surface area contributed by atoms with Gasteiger partial charge in [0.25, 0.3) is 0 Å². The van der Waals surface area contributed by atoms with E-state index in [1.54, 1.807) is 11.0 Å². The average Bonchev–Trinajstić information content (AvgIpc) is 2.97. The lowest BCUT2D eigenvalue weighted by atomic mass is 9.73. The average molecular weight is 321 g/mol. The van der Waals surface area contributed by atoms with Crippen LogP contribution in [0.2, 0.25) is 0 Å². The predicted molar refractivity (Wildman–Crippen MR) is 84.5 cm³/mol. The van der Waals surface area contributed by atoms with Gasteiger partial charge >= 0.3 is 13.1 Å². The third-order valence-electron chi connectivity index (χ3n) is 5.57. The number of carbonyl (C=O) groups is 2. The summed E-state index contributed by atoms with van der Waals surface area (Å²) in [7, 11) is 0.860. The van der Waals surface area contributed by atoms with E-state index in [4.69, 9.17) is 14.0 Å². The number of carbonyl (C=O) groups excluding carboxylic acids is 2. The molecule has 0 aromatic heterocycles. The Morgan fingerprint density at radius 3 is 2.43 bits per heavy atom. The Morgan fingerprint density at radius 2 is 1.87 bits per heavy atom. The fourth-order valence-corrected chi connectivity index (χ4v) is 3.51. The van der Waals surface area contributed by atoms with Crippen molar-refractivity contribution >= 4 is 19.0 Å². The van der Waals surface area contributed by atoms with Gasteiger partial charge in [0.15, 0.2) is 0 Å². The smallest absolute Gasteiger partial charge is 0.467 e. The Kier molecular flexibility index (Phi) is 3.84. The van der Waals surface area contributed by atoms with Crippen molar-refractivity contribution in [2.24, 2.45) is 0 Å². The van der Waals surface area contributed by atoms with E-state index in [0.717, 1.165) is 11.9 Å². The van der Waals surface area contributed by atoms with Crippen LogP contribution >= 0.6 is 0 Å². The minimum absolute atomic E-state index is 0.0191. The largest absolute Gasteiger partial charge is 0.490 e. The third-order valence-corrected chi connectivity index (χ3v) is 5.57. The van der Waals surface area contributed by atoms with Crippen LogP contribution in [-0.4, -0.2) is 54.3 Å². The molecule has 126 valence electrons. The van der Waals surface area contributed by atoms with E-state index in [1.807, 2.05) is 27.7 Å². The molecule has 3 heterocycles. The van der Waals surface area contributed by atoms with E-state index in [2.05, 4.69) is 0 Å². The highest BCUT2D eigenvalue weighted by Crippen LogP contribution is 2.41. The van der Waals surface area contributed by atoms with Crippen molar-refractivity contribution in [2.45, 2.75) is 70.2 Å². The van der Waals surface area contributed by atoms with E-state index >= 15 is 0 Å². The van der Waals surface area contributed by atoms with Gasteiger partial charge in [0, 0.05) is 6.04 Å². The fourth-order valence-electron chi connectivity index (χ4n) is 3.51. The van der Waals surface area contributed by atoms with E-state index < -0.39 is 24.4 Å². The standard InChI is InChI=1S/C16H24BNO5/c1-15(2)16(3,4)23-17(22-15)10-8-11-6-7-12(14(20)21-5)18(11)13(19)9-10/h9,11-12H,6-8H2,1-5H3/t11?,12-/m0/s1. The molecular weight excluding hydrogens is 297 g/mol. The van der Waals surface area contributed by atoms with Gasteiger partial charge in [-0.15, -0.1) is 0 Å². The zero-order valence-corrected chi connectivity index (χ0v) is 14.4. The normalized spacial score (nSPS) is 31.9. The minimum Gasteiger partial charge on any atom is -0.467 e. The molecule has 1 unspecified atom stereocenters. The molecule has 0 aromatic rings. The first-order chi connectivity index (χ1) is 10.7. The molecular formula is C16H24BNO5. The first kappa shape index (κ1) is 16.5. The van der Waals surface area contributed by atoms with Gasteiger partial charge in [0.1, 0.15) is 6.04 Å². The second-order valence-corrected chi connectivity index (χ2v) is 7.53. The van der Waals surface area contributed by atoms with Crippen molar-refractivity contribution in [1.29, 1.82) is 0 Å². The van der Waals surface area contributed by atoms with Crippen LogP contribution in [0, 0.1) is 0 Å². The zero-order valence-electron chi connectivity index (χ0n) is 14.4. The topological polar surface area (TPSA) is 65.1 Å². The van der Waals surface area contributed by atoms with Gasteiger partial charge in [0.05, 0.1) is 18.3 Å². The van der Waals surface area contributed by atoms with Crippen LogP contribution in [0.3, 0.4) is 0 Å². The number of hydrogen-bond acceptors (Lipinski definition) is 5. The molecule has 0 bridgehead atoms. The molecule has 6 nitrogen and oxygen atoms in total. The second kappa shape index (κ2) is 5.35. The lowest BCUT2D eigenvalue weighted by Crippen LogP contribution is -2.48. The quantitative estimate of drug-likeness (QED) is 0.569. The molecule has 3 aliphatic rings. The molecule has 0 aromatic carbocycles. The molecule has 2 fully saturated rings. The molecule has 0 N–H and O–H groups in total. The molecule has 7 heteroatoms. The molecule has 0 saturated carbocycles. The molecule has 0 aliphatic carbocycles. The monoisotopic (exact) mass is 321 g/mol. The van der Waals surface area contributed by atoms with Crippen LogP contribution in [0.15, 0.2) is 11.5 Å². The number of rotatable bonds is 2. The van der Waals surface area contributed by atoms with E-state index in [-0.39, 0.29) is 17.9 Å². The molecule has 2 atom stereocenters. The third kappa shape index (κ3) is 2.60. The van der Waals surface area contributed by atoms with Crippen molar-refractivity contribution in [3.8, 4) is 0 Å². The van der Waals surface area contributed by atoms with Crippen molar-refractivity contribution < 1.29 is 23.6 Å². The lowest BCUT2D eigenvalue weighted by molar-refractivity contribution is -0.150. The van der Waals surface area contributed by atoms with Crippen LogP contribution in [-0.2, 0) is 23.6 Å². The highest BCUT2D eigenvalue weighted by atomic mass is 16.7. The number of hydrogen-bond donors (Lipinski definition) is 0. The van der Waals surface area contributed by atoms with E-state index in [9.17, 15) is 9.59 Å². The highest BCUT2D eigenvalue weighted by Gasteiger charge is 2.54. The van der Waals surface area contributed by atoms with Gasteiger partial charge in [-0.3, -0.25) is 4.79 Å². The van der Waals surface area contributed by atoms with E-state index in [0.29, 0.717) is 12.8 Å². The fraction of sp³-hybridized carbons (Fsp3) is 0.750. The van der Waals surface area contributed by atoms with Crippen molar-refractivity contribution in [3.05, 3.63) is 11.5 Å². The van der Waals surface area contributed by atoms with E-state index in [1.165, 1.54) is 7.11 Å². The van der Waals surface area contributed by atoms with Gasteiger partial charge in [-0.2, -0.15) is 0 Å². The van der Waals surface area contributed by atoms with Gasteiger partial charge in [-0.25, -0.2) is 4.79 Å². The zero-order chi connectivity index (χ0) is 17.0. The molecule has 1 amide bonds. The summed E-state index contributed by atoms with van der Waals surface area (Å²) in [6.07, 6.45) is 3.69. The Morgan fingerprint density at radius 1 is 1.26 bits per heavy atom. The summed E-state index contributed by atoms with van der Waals surface area (Å²) in [6, 6.07) is -0.445. The molecule has 0 radical (unpaired) electrons. The Bertz CT molecular complexity index is 555.